The predicted octanol–water partition coefficient (Wildman–Crippen LogP) is 4.35. The Morgan fingerprint density at radius 2 is 2.12 bits per heavy atom. The topological polar surface area (TPSA) is 63.9 Å². The number of thiazole rings is 1. The third kappa shape index (κ3) is 3.66. The first-order chi connectivity index (χ1) is 12.6. The van der Waals surface area contributed by atoms with Crippen molar-refractivity contribution in [3.63, 3.8) is 0 Å². The Kier molecular flexibility index (Phi) is 4.78. The zero-order chi connectivity index (χ0) is 18.1. The van der Waals surface area contributed by atoms with E-state index in [1.54, 1.807) is 29.9 Å². The number of nitrogens with zero attached hydrogens (tertiary/aromatic N) is 5. The Bertz CT molecular complexity index is 914. The maximum absolute atomic E-state index is 12.2. The van der Waals surface area contributed by atoms with Crippen LogP contribution in [-0.2, 0) is 10.5 Å². The van der Waals surface area contributed by atoms with Gasteiger partial charge in [0, 0.05) is 24.1 Å². The zero-order valence-electron chi connectivity index (χ0n) is 14.6. The fourth-order valence-electron chi connectivity index (χ4n) is 2.66. The Hall–Kier alpha value is -2.19. The highest BCUT2D eigenvalue weighted by molar-refractivity contribution is 7.98. The summed E-state index contributed by atoms with van der Waals surface area (Å²) in [5.74, 6) is 0.664. The standard InChI is InChI=1S/C18H19N5OS2/c1-12-3-5-16(6-4-12)23(13(2)24)17-20-14(9-25-17)10-26-18-21-19-11-22(18)15-7-8-15/h3-6,9,11,15H,7-8,10H2,1-2H3. The summed E-state index contributed by atoms with van der Waals surface area (Å²) in [6.45, 7) is 3.59. The van der Waals surface area contributed by atoms with Crippen LogP contribution in [0, 0.1) is 6.92 Å². The summed E-state index contributed by atoms with van der Waals surface area (Å²) >= 11 is 3.12. The van der Waals surface area contributed by atoms with E-state index in [2.05, 4.69) is 19.7 Å². The van der Waals surface area contributed by atoms with Crippen molar-refractivity contribution >= 4 is 39.8 Å². The van der Waals surface area contributed by atoms with Gasteiger partial charge in [-0.05, 0) is 31.9 Å². The van der Waals surface area contributed by atoms with E-state index in [9.17, 15) is 4.79 Å². The number of amides is 1. The van der Waals surface area contributed by atoms with Crippen molar-refractivity contribution in [1.29, 1.82) is 0 Å². The molecule has 2 heterocycles. The molecule has 0 unspecified atom stereocenters. The molecule has 1 aromatic carbocycles. The molecule has 0 N–H and O–H groups in total. The van der Waals surface area contributed by atoms with E-state index in [0.717, 1.165) is 22.1 Å². The molecule has 4 rings (SSSR count). The molecule has 0 aliphatic heterocycles. The number of hydrogen-bond acceptors (Lipinski definition) is 6. The fraction of sp³-hybridized carbons (Fsp3) is 0.333. The van der Waals surface area contributed by atoms with Crippen LogP contribution in [0.15, 0.2) is 41.1 Å². The smallest absolute Gasteiger partial charge is 0.230 e. The summed E-state index contributed by atoms with van der Waals surface area (Å²) in [4.78, 5) is 18.5. The second-order valence-corrected chi connectivity index (χ2v) is 8.13. The van der Waals surface area contributed by atoms with Crippen LogP contribution in [0.1, 0.15) is 37.1 Å². The Morgan fingerprint density at radius 3 is 2.81 bits per heavy atom. The number of benzene rings is 1. The van der Waals surface area contributed by atoms with Crippen LogP contribution in [0.3, 0.4) is 0 Å². The summed E-state index contributed by atoms with van der Waals surface area (Å²) in [6, 6.07) is 8.46. The van der Waals surface area contributed by atoms with E-state index < -0.39 is 0 Å². The minimum absolute atomic E-state index is 0.0455. The SMILES string of the molecule is CC(=O)N(c1ccc(C)cc1)c1nc(CSc2nncn2C2CC2)cs1. The molecule has 1 fully saturated rings. The number of carbonyl (C=O) groups is 1. The minimum Gasteiger partial charge on any atom is -0.306 e. The van der Waals surface area contributed by atoms with Gasteiger partial charge >= 0.3 is 0 Å². The van der Waals surface area contributed by atoms with Crippen LogP contribution in [-0.4, -0.2) is 25.7 Å². The highest BCUT2D eigenvalue weighted by atomic mass is 32.2. The third-order valence-electron chi connectivity index (χ3n) is 4.17. The molecule has 134 valence electrons. The second kappa shape index (κ2) is 7.20. The molecular weight excluding hydrogens is 366 g/mol. The molecule has 0 saturated heterocycles. The third-order valence-corrected chi connectivity index (χ3v) is 6.03. The normalized spacial score (nSPS) is 13.8. The predicted molar refractivity (Wildman–Crippen MR) is 104 cm³/mol. The van der Waals surface area contributed by atoms with Crippen molar-refractivity contribution in [3.8, 4) is 0 Å². The lowest BCUT2D eigenvalue weighted by atomic mass is 10.2. The lowest BCUT2D eigenvalue weighted by Gasteiger charge is -2.18. The summed E-state index contributed by atoms with van der Waals surface area (Å²) < 4.78 is 2.14. The average Bonchev–Trinajstić information content (AvgIpc) is 3.17. The number of thioether (sulfide) groups is 1. The molecule has 2 aromatic heterocycles. The molecule has 1 aliphatic carbocycles. The molecule has 6 nitrogen and oxygen atoms in total. The lowest BCUT2D eigenvalue weighted by Crippen LogP contribution is -2.22. The van der Waals surface area contributed by atoms with Gasteiger partial charge in [0.25, 0.3) is 0 Å². The van der Waals surface area contributed by atoms with Gasteiger partial charge in [-0.25, -0.2) is 4.98 Å². The van der Waals surface area contributed by atoms with Crippen LogP contribution in [0.2, 0.25) is 0 Å². The molecule has 0 bridgehead atoms. The van der Waals surface area contributed by atoms with Gasteiger partial charge in [0.15, 0.2) is 10.3 Å². The second-order valence-electron chi connectivity index (χ2n) is 6.35. The number of rotatable bonds is 6. The van der Waals surface area contributed by atoms with E-state index in [-0.39, 0.29) is 5.91 Å². The molecular formula is C18H19N5OS2. The summed E-state index contributed by atoms with van der Waals surface area (Å²) in [5, 5.41) is 11.9. The molecule has 1 saturated carbocycles. The van der Waals surface area contributed by atoms with Crippen molar-refractivity contribution < 1.29 is 4.79 Å². The average molecular weight is 386 g/mol. The van der Waals surface area contributed by atoms with E-state index in [1.165, 1.54) is 24.2 Å². The van der Waals surface area contributed by atoms with Crippen LogP contribution in [0.4, 0.5) is 10.8 Å². The number of carbonyl (C=O) groups excluding carboxylic acids is 1. The molecule has 0 spiro atoms. The monoisotopic (exact) mass is 385 g/mol. The van der Waals surface area contributed by atoms with E-state index in [0.29, 0.717) is 16.9 Å². The number of aromatic nitrogens is 4. The molecule has 3 aromatic rings. The van der Waals surface area contributed by atoms with Gasteiger partial charge in [-0.3, -0.25) is 9.69 Å². The largest absolute Gasteiger partial charge is 0.306 e. The first kappa shape index (κ1) is 17.2. The maximum Gasteiger partial charge on any atom is 0.230 e. The van der Waals surface area contributed by atoms with Gasteiger partial charge in [-0.15, -0.1) is 21.5 Å². The van der Waals surface area contributed by atoms with Crippen molar-refractivity contribution in [1.82, 2.24) is 19.7 Å². The number of aryl methyl sites for hydroxylation is 1. The molecule has 1 amide bonds. The van der Waals surface area contributed by atoms with Gasteiger partial charge in [-0.1, -0.05) is 29.5 Å². The summed E-state index contributed by atoms with van der Waals surface area (Å²) in [5.41, 5.74) is 2.94. The van der Waals surface area contributed by atoms with Crippen molar-refractivity contribution in [2.45, 2.75) is 43.6 Å². The van der Waals surface area contributed by atoms with E-state index in [4.69, 9.17) is 0 Å². The number of hydrogen-bond donors (Lipinski definition) is 0. The molecule has 1 aliphatic rings. The molecule has 0 radical (unpaired) electrons. The Morgan fingerprint density at radius 1 is 1.35 bits per heavy atom. The van der Waals surface area contributed by atoms with E-state index >= 15 is 0 Å². The molecule has 8 heteroatoms. The van der Waals surface area contributed by atoms with E-state index in [1.807, 2.05) is 36.6 Å². The van der Waals surface area contributed by atoms with Crippen molar-refractivity contribution in [2.24, 2.45) is 0 Å². The van der Waals surface area contributed by atoms with Crippen molar-refractivity contribution in [3.05, 3.63) is 47.2 Å². The first-order valence-electron chi connectivity index (χ1n) is 8.46. The van der Waals surface area contributed by atoms with Crippen LogP contribution in [0.25, 0.3) is 0 Å². The Labute approximate surface area is 160 Å². The van der Waals surface area contributed by atoms with Crippen LogP contribution >= 0.6 is 23.1 Å². The summed E-state index contributed by atoms with van der Waals surface area (Å²) in [7, 11) is 0. The quantitative estimate of drug-likeness (QED) is 0.590. The first-order valence-corrected chi connectivity index (χ1v) is 10.3. The van der Waals surface area contributed by atoms with Gasteiger partial charge in [0.2, 0.25) is 5.91 Å². The summed E-state index contributed by atoms with van der Waals surface area (Å²) in [6.07, 6.45) is 4.22. The highest BCUT2D eigenvalue weighted by Crippen LogP contribution is 2.38. The minimum atomic E-state index is -0.0455. The van der Waals surface area contributed by atoms with Gasteiger partial charge in [0.1, 0.15) is 6.33 Å². The van der Waals surface area contributed by atoms with Gasteiger partial charge in [-0.2, -0.15) is 0 Å². The van der Waals surface area contributed by atoms with Crippen LogP contribution < -0.4 is 4.90 Å². The Balaban J connectivity index is 1.49. The highest BCUT2D eigenvalue weighted by Gasteiger charge is 2.26. The van der Waals surface area contributed by atoms with Crippen molar-refractivity contribution in [2.75, 3.05) is 4.90 Å². The van der Waals surface area contributed by atoms with Gasteiger partial charge < -0.3 is 4.57 Å². The zero-order valence-corrected chi connectivity index (χ0v) is 16.3. The van der Waals surface area contributed by atoms with Crippen LogP contribution in [0.5, 0.6) is 0 Å². The number of anilines is 2. The lowest BCUT2D eigenvalue weighted by molar-refractivity contribution is -0.115. The molecule has 26 heavy (non-hydrogen) atoms. The van der Waals surface area contributed by atoms with Gasteiger partial charge in [0.05, 0.1) is 11.4 Å². The fourth-order valence-corrected chi connectivity index (χ4v) is 4.53. The maximum atomic E-state index is 12.2. The molecule has 0 atom stereocenters.